The summed E-state index contributed by atoms with van der Waals surface area (Å²) in [6, 6.07) is 13.6. The molecule has 0 radical (unpaired) electrons. The van der Waals surface area contributed by atoms with Crippen LogP contribution >= 0.6 is 0 Å². The third kappa shape index (κ3) is 1.57. The van der Waals surface area contributed by atoms with Crippen molar-refractivity contribution < 1.29 is 9.53 Å². The van der Waals surface area contributed by atoms with Crippen molar-refractivity contribution in [3.63, 3.8) is 0 Å². The molecule has 0 fully saturated rings. The first-order valence-corrected chi connectivity index (χ1v) is 5.63. The number of carbonyl (C=O) groups excluding carboxylic acids is 1. The second kappa shape index (κ2) is 4.04. The molecule has 0 aliphatic heterocycles. The molecule has 3 aromatic rings. The average Bonchev–Trinajstić information content (AvgIpc) is 2.78. The number of aromatic amines is 1. The van der Waals surface area contributed by atoms with Gasteiger partial charge in [-0.25, -0.2) is 4.79 Å². The highest BCUT2D eigenvalue weighted by Gasteiger charge is 2.09. The van der Waals surface area contributed by atoms with Crippen molar-refractivity contribution in [2.24, 2.45) is 0 Å². The van der Waals surface area contributed by atoms with Crippen LogP contribution in [0.15, 0.2) is 55.1 Å². The van der Waals surface area contributed by atoms with Gasteiger partial charge in [0.15, 0.2) is 5.75 Å². The van der Waals surface area contributed by atoms with E-state index in [1.807, 2.05) is 36.4 Å². The zero-order valence-electron chi connectivity index (χ0n) is 9.64. The number of rotatable bonds is 2. The molecule has 3 heteroatoms. The van der Waals surface area contributed by atoms with E-state index in [2.05, 4.69) is 11.6 Å². The number of carbonyl (C=O) groups is 1. The standard InChI is InChI=1S/C15H11NO2/c1-2-14(17)18-13-9-5-7-11-10-6-3-4-8-12(10)16-15(11)13/h2-9,16H,1H2. The number of benzene rings is 2. The van der Waals surface area contributed by atoms with Gasteiger partial charge in [-0.1, -0.05) is 36.9 Å². The molecule has 0 amide bonds. The van der Waals surface area contributed by atoms with E-state index in [4.69, 9.17) is 4.74 Å². The first-order valence-electron chi connectivity index (χ1n) is 5.63. The van der Waals surface area contributed by atoms with E-state index in [-0.39, 0.29) is 0 Å². The molecule has 18 heavy (non-hydrogen) atoms. The Balaban J connectivity index is 2.27. The summed E-state index contributed by atoms with van der Waals surface area (Å²) in [6.07, 6.45) is 1.15. The van der Waals surface area contributed by atoms with Gasteiger partial charge in [0.1, 0.15) is 0 Å². The Morgan fingerprint density at radius 3 is 2.72 bits per heavy atom. The largest absolute Gasteiger partial charge is 0.421 e. The van der Waals surface area contributed by atoms with E-state index in [0.717, 1.165) is 27.9 Å². The maximum Gasteiger partial charge on any atom is 0.335 e. The summed E-state index contributed by atoms with van der Waals surface area (Å²) in [5.41, 5.74) is 1.85. The van der Waals surface area contributed by atoms with Gasteiger partial charge < -0.3 is 9.72 Å². The lowest BCUT2D eigenvalue weighted by atomic mass is 10.1. The highest BCUT2D eigenvalue weighted by atomic mass is 16.5. The molecule has 1 heterocycles. The summed E-state index contributed by atoms with van der Waals surface area (Å²) in [5, 5.41) is 2.16. The molecule has 0 unspecified atom stereocenters. The van der Waals surface area contributed by atoms with Crippen molar-refractivity contribution in [2.75, 3.05) is 0 Å². The predicted octanol–water partition coefficient (Wildman–Crippen LogP) is 3.41. The Morgan fingerprint density at radius 2 is 1.89 bits per heavy atom. The van der Waals surface area contributed by atoms with E-state index in [1.165, 1.54) is 0 Å². The van der Waals surface area contributed by atoms with Crippen LogP contribution in [0.1, 0.15) is 0 Å². The molecule has 3 rings (SSSR count). The molecule has 0 aliphatic rings. The second-order valence-electron chi connectivity index (χ2n) is 3.97. The smallest absolute Gasteiger partial charge is 0.335 e. The van der Waals surface area contributed by atoms with Gasteiger partial charge in [-0.05, 0) is 12.1 Å². The van der Waals surface area contributed by atoms with Gasteiger partial charge in [-0.15, -0.1) is 0 Å². The molecule has 88 valence electrons. The van der Waals surface area contributed by atoms with E-state index >= 15 is 0 Å². The Labute approximate surface area is 104 Å². The highest BCUT2D eigenvalue weighted by molar-refractivity contribution is 6.09. The molecule has 0 bridgehead atoms. The van der Waals surface area contributed by atoms with Gasteiger partial charge in [0.25, 0.3) is 0 Å². The molecule has 0 saturated carbocycles. The first kappa shape index (κ1) is 10.6. The lowest BCUT2D eigenvalue weighted by Crippen LogP contribution is -2.03. The summed E-state index contributed by atoms with van der Waals surface area (Å²) in [4.78, 5) is 14.6. The zero-order valence-corrected chi connectivity index (χ0v) is 9.64. The number of ether oxygens (including phenoxy) is 1. The third-order valence-electron chi connectivity index (χ3n) is 2.88. The van der Waals surface area contributed by atoms with Crippen LogP contribution in [0.25, 0.3) is 21.8 Å². The van der Waals surface area contributed by atoms with Crippen molar-refractivity contribution in [1.82, 2.24) is 4.98 Å². The van der Waals surface area contributed by atoms with Crippen molar-refractivity contribution >= 4 is 27.8 Å². The van der Waals surface area contributed by atoms with Gasteiger partial charge >= 0.3 is 5.97 Å². The molecular formula is C15H11NO2. The molecule has 1 N–H and O–H groups in total. The van der Waals surface area contributed by atoms with Gasteiger partial charge in [-0.2, -0.15) is 0 Å². The van der Waals surface area contributed by atoms with Crippen LogP contribution in [-0.4, -0.2) is 11.0 Å². The van der Waals surface area contributed by atoms with Crippen LogP contribution in [0.5, 0.6) is 5.75 Å². The van der Waals surface area contributed by atoms with E-state index in [1.54, 1.807) is 6.07 Å². The average molecular weight is 237 g/mol. The van der Waals surface area contributed by atoms with Gasteiger partial charge in [0.05, 0.1) is 5.52 Å². The number of fused-ring (bicyclic) bond motifs is 3. The van der Waals surface area contributed by atoms with Crippen LogP contribution in [0.3, 0.4) is 0 Å². The number of esters is 1. The van der Waals surface area contributed by atoms with Crippen LogP contribution < -0.4 is 4.74 Å². The number of hydrogen-bond acceptors (Lipinski definition) is 2. The molecule has 0 aliphatic carbocycles. The normalized spacial score (nSPS) is 10.7. The maximum atomic E-state index is 11.3. The number of para-hydroxylation sites is 2. The summed E-state index contributed by atoms with van der Waals surface area (Å²) in [7, 11) is 0. The maximum absolute atomic E-state index is 11.3. The van der Waals surface area contributed by atoms with Gasteiger partial charge in [-0.3, -0.25) is 0 Å². The monoisotopic (exact) mass is 237 g/mol. The third-order valence-corrected chi connectivity index (χ3v) is 2.88. The van der Waals surface area contributed by atoms with Crippen molar-refractivity contribution in [3.8, 4) is 5.75 Å². The Hall–Kier alpha value is -2.55. The Kier molecular flexibility index (Phi) is 2.38. The van der Waals surface area contributed by atoms with E-state index in [9.17, 15) is 4.79 Å². The lowest BCUT2D eigenvalue weighted by molar-refractivity contribution is -0.128. The topological polar surface area (TPSA) is 42.1 Å². The summed E-state index contributed by atoms with van der Waals surface area (Å²) < 4.78 is 5.22. The number of aromatic nitrogens is 1. The van der Waals surface area contributed by atoms with Crippen LogP contribution in [0, 0.1) is 0 Å². The minimum Gasteiger partial charge on any atom is -0.421 e. The number of hydrogen-bond donors (Lipinski definition) is 1. The van der Waals surface area contributed by atoms with Crippen LogP contribution in [-0.2, 0) is 4.79 Å². The van der Waals surface area contributed by atoms with Crippen molar-refractivity contribution in [1.29, 1.82) is 0 Å². The summed E-state index contributed by atoms with van der Waals surface area (Å²) in [6.45, 7) is 3.39. The first-order chi connectivity index (χ1) is 8.79. The Bertz CT molecular complexity index is 755. The highest BCUT2D eigenvalue weighted by Crippen LogP contribution is 2.31. The lowest BCUT2D eigenvalue weighted by Gasteiger charge is -2.02. The quantitative estimate of drug-likeness (QED) is 0.421. The number of H-pyrrole nitrogens is 1. The van der Waals surface area contributed by atoms with E-state index in [0.29, 0.717) is 5.75 Å². The molecule has 1 aromatic heterocycles. The molecule has 0 saturated heterocycles. The summed E-state index contributed by atoms with van der Waals surface area (Å²) in [5.74, 6) is 0.0646. The zero-order chi connectivity index (χ0) is 12.5. The molecule has 2 aromatic carbocycles. The molecular weight excluding hydrogens is 226 g/mol. The SMILES string of the molecule is C=CC(=O)Oc1cccc2c1[nH]c1ccccc12. The van der Waals surface area contributed by atoms with Gasteiger partial charge in [0, 0.05) is 22.4 Å². The summed E-state index contributed by atoms with van der Waals surface area (Å²) >= 11 is 0. The molecule has 0 spiro atoms. The molecule has 3 nitrogen and oxygen atoms in total. The second-order valence-corrected chi connectivity index (χ2v) is 3.97. The fourth-order valence-corrected chi connectivity index (χ4v) is 2.08. The van der Waals surface area contributed by atoms with E-state index < -0.39 is 5.97 Å². The fourth-order valence-electron chi connectivity index (χ4n) is 2.08. The van der Waals surface area contributed by atoms with Crippen LogP contribution in [0.4, 0.5) is 0 Å². The predicted molar refractivity (Wildman–Crippen MR) is 71.6 cm³/mol. The van der Waals surface area contributed by atoms with Gasteiger partial charge in [0.2, 0.25) is 0 Å². The minimum absolute atomic E-state index is 0.457. The fraction of sp³-hybridized carbons (Fsp3) is 0. The molecule has 0 atom stereocenters. The minimum atomic E-state index is -0.457. The van der Waals surface area contributed by atoms with Crippen molar-refractivity contribution in [3.05, 3.63) is 55.1 Å². The Morgan fingerprint density at radius 1 is 1.11 bits per heavy atom. The van der Waals surface area contributed by atoms with Crippen molar-refractivity contribution in [2.45, 2.75) is 0 Å². The number of nitrogens with one attached hydrogen (secondary N) is 1. The van der Waals surface area contributed by atoms with Crippen LogP contribution in [0.2, 0.25) is 0 Å².